The van der Waals surface area contributed by atoms with Gasteiger partial charge in [0.25, 0.3) is 0 Å². The molecule has 2 heterocycles. The van der Waals surface area contributed by atoms with E-state index in [2.05, 4.69) is 24.4 Å². The average molecular weight is 393 g/mol. The number of hydrogen-bond acceptors (Lipinski definition) is 4. The second-order valence-corrected chi connectivity index (χ2v) is 7.56. The SMILES string of the molecule is CCC1NC(c2c(O)c(-c3ccccc3)nc3ccccc23)=NC1c1ccccc1. The van der Waals surface area contributed by atoms with E-state index >= 15 is 0 Å². The van der Waals surface area contributed by atoms with Crippen LogP contribution in [0.25, 0.3) is 22.2 Å². The van der Waals surface area contributed by atoms with Crippen molar-refractivity contribution >= 4 is 16.7 Å². The molecule has 2 unspecified atom stereocenters. The van der Waals surface area contributed by atoms with E-state index in [-0.39, 0.29) is 17.8 Å². The van der Waals surface area contributed by atoms with Crippen LogP contribution in [0.5, 0.6) is 5.75 Å². The van der Waals surface area contributed by atoms with Crippen molar-refractivity contribution in [1.82, 2.24) is 10.3 Å². The molecule has 0 aliphatic carbocycles. The van der Waals surface area contributed by atoms with Crippen molar-refractivity contribution in [2.24, 2.45) is 4.99 Å². The minimum absolute atomic E-state index is 0.0118. The molecule has 0 fully saturated rings. The van der Waals surface area contributed by atoms with E-state index in [1.54, 1.807) is 0 Å². The highest BCUT2D eigenvalue weighted by Crippen LogP contribution is 2.38. The molecule has 5 rings (SSSR count). The largest absolute Gasteiger partial charge is 0.505 e. The minimum Gasteiger partial charge on any atom is -0.505 e. The van der Waals surface area contributed by atoms with Crippen LogP contribution in [0.1, 0.15) is 30.5 Å². The first-order valence-corrected chi connectivity index (χ1v) is 10.3. The number of hydrogen-bond donors (Lipinski definition) is 2. The Balaban J connectivity index is 1.71. The average Bonchev–Trinajstić information content (AvgIpc) is 3.24. The van der Waals surface area contributed by atoms with Crippen LogP contribution in [0.15, 0.2) is 89.9 Å². The third kappa shape index (κ3) is 3.11. The van der Waals surface area contributed by atoms with Gasteiger partial charge in [0.1, 0.15) is 11.5 Å². The fourth-order valence-corrected chi connectivity index (χ4v) is 4.18. The lowest BCUT2D eigenvalue weighted by Gasteiger charge is -2.17. The molecular formula is C26H23N3O. The van der Waals surface area contributed by atoms with Gasteiger partial charge in [-0.15, -0.1) is 0 Å². The third-order valence-corrected chi connectivity index (χ3v) is 5.70. The number of nitrogens with one attached hydrogen (secondary N) is 1. The summed E-state index contributed by atoms with van der Waals surface area (Å²) >= 11 is 0. The van der Waals surface area contributed by atoms with Gasteiger partial charge in [-0.3, -0.25) is 4.99 Å². The molecule has 4 nitrogen and oxygen atoms in total. The van der Waals surface area contributed by atoms with Crippen molar-refractivity contribution in [2.75, 3.05) is 0 Å². The Kier molecular flexibility index (Phi) is 4.68. The molecule has 4 aromatic rings. The smallest absolute Gasteiger partial charge is 0.153 e. The Morgan fingerprint density at radius 1 is 0.867 bits per heavy atom. The molecule has 1 aliphatic rings. The molecule has 3 aromatic carbocycles. The fourth-order valence-electron chi connectivity index (χ4n) is 4.18. The van der Waals surface area contributed by atoms with Crippen molar-refractivity contribution in [3.63, 3.8) is 0 Å². The number of aromatic hydroxyl groups is 1. The van der Waals surface area contributed by atoms with E-state index in [1.165, 1.54) is 5.56 Å². The maximum absolute atomic E-state index is 11.3. The summed E-state index contributed by atoms with van der Waals surface area (Å²) in [5, 5.41) is 15.8. The summed E-state index contributed by atoms with van der Waals surface area (Å²) in [7, 11) is 0. The van der Waals surface area contributed by atoms with Gasteiger partial charge in [0, 0.05) is 10.9 Å². The predicted octanol–water partition coefficient (Wildman–Crippen LogP) is 5.48. The zero-order chi connectivity index (χ0) is 20.5. The Morgan fingerprint density at radius 2 is 1.53 bits per heavy atom. The lowest BCUT2D eigenvalue weighted by atomic mass is 9.99. The second-order valence-electron chi connectivity index (χ2n) is 7.56. The molecule has 0 saturated carbocycles. The van der Waals surface area contributed by atoms with Gasteiger partial charge in [0.2, 0.25) is 0 Å². The highest BCUT2D eigenvalue weighted by atomic mass is 16.3. The van der Waals surface area contributed by atoms with E-state index in [0.717, 1.165) is 34.3 Å². The monoisotopic (exact) mass is 393 g/mol. The number of para-hydroxylation sites is 1. The second kappa shape index (κ2) is 7.64. The van der Waals surface area contributed by atoms with Crippen LogP contribution in [0.2, 0.25) is 0 Å². The lowest BCUT2D eigenvalue weighted by molar-refractivity contribution is 0.474. The van der Waals surface area contributed by atoms with Gasteiger partial charge < -0.3 is 10.4 Å². The van der Waals surface area contributed by atoms with Crippen LogP contribution in [-0.2, 0) is 0 Å². The Bertz CT molecular complexity index is 1220. The van der Waals surface area contributed by atoms with E-state index in [9.17, 15) is 5.11 Å². The fraction of sp³-hybridized carbons (Fsp3) is 0.154. The zero-order valence-corrected chi connectivity index (χ0v) is 16.8. The number of nitrogens with zero attached hydrogens (tertiary/aromatic N) is 2. The quantitative estimate of drug-likeness (QED) is 0.483. The first-order valence-electron chi connectivity index (χ1n) is 10.3. The van der Waals surface area contributed by atoms with Crippen molar-refractivity contribution in [2.45, 2.75) is 25.4 Å². The number of rotatable bonds is 4. The van der Waals surface area contributed by atoms with Crippen LogP contribution in [0, 0.1) is 0 Å². The first kappa shape index (κ1) is 18.4. The molecule has 0 radical (unpaired) electrons. The van der Waals surface area contributed by atoms with Crippen molar-refractivity contribution < 1.29 is 5.11 Å². The molecule has 2 N–H and O–H groups in total. The van der Waals surface area contributed by atoms with Crippen LogP contribution in [-0.4, -0.2) is 22.0 Å². The maximum atomic E-state index is 11.3. The van der Waals surface area contributed by atoms with Gasteiger partial charge >= 0.3 is 0 Å². The van der Waals surface area contributed by atoms with Crippen molar-refractivity contribution in [3.8, 4) is 17.0 Å². The Morgan fingerprint density at radius 3 is 2.27 bits per heavy atom. The number of amidine groups is 1. The molecule has 0 spiro atoms. The molecule has 0 bridgehead atoms. The van der Waals surface area contributed by atoms with Gasteiger partial charge in [-0.25, -0.2) is 4.98 Å². The van der Waals surface area contributed by atoms with E-state index < -0.39 is 0 Å². The maximum Gasteiger partial charge on any atom is 0.153 e. The van der Waals surface area contributed by atoms with Crippen LogP contribution in [0.3, 0.4) is 0 Å². The molecule has 1 aromatic heterocycles. The summed E-state index contributed by atoms with van der Waals surface area (Å²) in [6.07, 6.45) is 0.932. The van der Waals surface area contributed by atoms with Gasteiger partial charge in [0.05, 0.1) is 23.2 Å². The van der Waals surface area contributed by atoms with Crippen LogP contribution in [0.4, 0.5) is 0 Å². The van der Waals surface area contributed by atoms with Gasteiger partial charge in [-0.05, 0) is 18.1 Å². The lowest BCUT2D eigenvalue weighted by Crippen LogP contribution is -2.31. The van der Waals surface area contributed by atoms with Gasteiger partial charge in [-0.1, -0.05) is 85.8 Å². The zero-order valence-electron chi connectivity index (χ0n) is 16.8. The summed E-state index contributed by atoms with van der Waals surface area (Å²) in [6, 6.07) is 28.2. The highest BCUT2D eigenvalue weighted by Gasteiger charge is 2.31. The number of aliphatic imine (C=N–C) groups is 1. The number of pyridine rings is 1. The molecule has 30 heavy (non-hydrogen) atoms. The van der Waals surface area contributed by atoms with E-state index in [4.69, 9.17) is 9.98 Å². The number of fused-ring (bicyclic) bond motifs is 1. The summed E-state index contributed by atoms with van der Waals surface area (Å²) in [5.41, 5.74) is 4.19. The van der Waals surface area contributed by atoms with Crippen molar-refractivity contribution in [1.29, 1.82) is 0 Å². The molecule has 4 heteroatoms. The topological polar surface area (TPSA) is 57.5 Å². The molecule has 2 atom stereocenters. The summed E-state index contributed by atoms with van der Waals surface area (Å²) in [6.45, 7) is 2.16. The molecule has 0 amide bonds. The normalized spacial score (nSPS) is 18.2. The Labute approximate surface area is 176 Å². The molecule has 1 aliphatic heterocycles. The minimum atomic E-state index is 0.0118. The van der Waals surface area contributed by atoms with E-state index in [1.807, 2.05) is 72.8 Å². The van der Waals surface area contributed by atoms with Crippen molar-refractivity contribution in [3.05, 3.63) is 96.1 Å². The standard InChI is InChI=1S/C26H23N3O/c1-2-20-23(17-11-5-3-6-12-17)29-26(28-20)22-19-15-9-10-16-21(19)27-24(25(22)30)18-13-7-4-8-14-18/h3-16,20,23,30H,2H2,1H3,(H,28,29). The first-order chi connectivity index (χ1) is 14.8. The van der Waals surface area contributed by atoms with E-state index in [0.29, 0.717) is 5.69 Å². The molecular weight excluding hydrogens is 370 g/mol. The van der Waals surface area contributed by atoms with Crippen LogP contribution >= 0.6 is 0 Å². The third-order valence-electron chi connectivity index (χ3n) is 5.70. The number of benzene rings is 3. The molecule has 148 valence electrons. The summed E-state index contributed by atoms with van der Waals surface area (Å²) < 4.78 is 0. The van der Waals surface area contributed by atoms with Crippen LogP contribution < -0.4 is 5.32 Å². The van der Waals surface area contributed by atoms with Gasteiger partial charge in [-0.2, -0.15) is 0 Å². The summed E-state index contributed by atoms with van der Waals surface area (Å²) in [4.78, 5) is 9.80. The summed E-state index contributed by atoms with van der Waals surface area (Å²) in [5.74, 6) is 0.888. The molecule has 0 saturated heterocycles. The van der Waals surface area contributed by atoms with Gasteiger partial charge in [0.15, 0.2) is 5.75 Å². The highest BCUT2D eigenvalue weighted by molar-refractivity contribution is 6.13. The number of aromatic nitrogens is 1. The Hall–Kier alpha value is -3.66. The predicted molar refractivity (Wildman–Crippen MR) is 122 cm³/mol.